The molecule has 2 N–H and O–H groups in total. The summed E-state index contributed by atoms with van der Waals surface area (Å²) in [4.78, 5) is 51.5. The molecule has 143 heavy (non-hydrogen) atoms. The maximum atomic E-state index is 13.7. The molecule has 0 spiro atoms. The van der Waals surface area contributed by atoms with E-state index in [-0.39, 0.29) is 16.8 Å². The van der Waals surface area contributed by atoms with Crippen LogP contribution in [0.5, 0.6) is 17.2 Å². The number of carbonyl (C=O) groups excluding carboxylic acids is 4. The summed E-state index contributed by atoms with van der Waals surface area (Å²) in [5, 5.41) is 6.94. The second kappa shape index (κ2) is 57.5. The van der Waals surface area contributed by atoms with Crippen LogP contribution in [0.15, 0.2) is 272 Å². The molecule has 0 aromatic heterocycles. The number of anilines is 1. The van der Waals surface area contributed by atoms with E-state index in [4.69, 9.17) is 18.9 Å². The number of thioether (sulfide) groups is 2. The van der Waals surface area contributed by atoms with Crippen LogP contribution in [-0.2, 0) is 124 Å². The van der Waals surface area contributed by atoms with E-state index >= 15 is 0 Å². The van der Waals surface area contributed by atoms with Crippen LogP contribution < -0.4 is 29.7 Å². The summed E-state index contributed by atoms with van der Waals surface area (Å²) in [5.41, 5.74) is 16.7. The molecular weight excluding hydrogens is 1880 g/mol. The molecule has 0 unspecified atom stereocenters. The summed E-state index contributed by atoms with van der Waals surface area (Å²) in [6, 6.07) is 80.0. The lowest BCUT2D eigenvalue weighted by Crippen LogP contribution is -2.31. The molecule has 14 nitrogen and oxygen atoms in total. The number of unbranched alkanes of at least 4 members (excludes halogenated alkanes) is 2. The molecule has 12 rings (SSSR count). The standard InChI is InChI=1S/C31H37F3N2O2S.C30H35F3N2O2.C28H30F3NO2S.C27H29F2NO2/c1-23-16-25(18-27(17-23)31(32,33)34)20-36(28-10-12-29(13-11-28)39-22-38-21-37)15-5-14-35-19-24-6-8-26(9-7-24)30(2,3)4;1-22-15-25(17-27(16-22)30(31,32)33)20-35(19-24-7-11-28(12-8-24)37-21-36)14-13-34-18-23-5-9-26(10-6-23)29(2,3)4;1-21-4-6-24(7-5-21)19-35-13-3-12-32(17-23-8-10-27(11-9-23)34-20-33)18-25-14-22(2)15-26(16-25)28(29,30)31;1-21-6-8-22(9-7-21)5-3-2-4-14-30(19-24-15-25(28)17-26(29)16-24)18-23-10-12-27(13-11-23)32-20-31/h6-13,16-18,21,35H,5,14-15,19-20,22H2,1-4H3;5-12,15-17,21,34H,13-14,18-20H2,1-4H3;4-11,14-16,20H,3,12-13,17-19H2,1-2H3;6-13,15-17,20H,2-5,14,18-19H2,1H3. The van der Waals surface area contributed by atoms with E-state index in [9.17, 15) is 67.5 Å². The molecule has 0 aliphatic carbocycles. The van der Waals surface area contributed by atoms with Crippen molar-refractivity contribution in [2.24, 2.45) is 0 Å². The van der Waals surface area contributed by atoms with E-state index < -0.39 is 46.9 Å². The Morgan fingerprint density at radius 3 is 1.08 bits per heavy atom. The van der Waals surface area contributed by atoms with E-state index in [1.54, 1.807) is 63.2 Å². The molecule has 0 fully saturated rings. The second-order valence-electron chi connectivity index (χ2n) is 37.8. The molecule has 0 saturated heterocycles. The Hall–Kier alpha value is -12.0. The molecule has 0 amide bonds. The average Bonchev–Trinajstić information content (AvgIpc) is 0.833. The molecular formula is C116H131F11N6O8S2. The van der Waals surface area contributed by atoms with Crippen molar-refractivity contribution in [2.75, 3.05) is 55.9 Å². The van der Waals surface area contributed by atoms with Gasteiger partial charge in [0, 0.05) is 101 Å². The predicted molar refractivity (Wildman–Crippen MR) is 551 cm³/mol. The van der Waals surface area contributed by atoms with Crippen molar-refractivity contribution in [1.82, 2.24) is 25.3 Å². The number of nitrogens with zero attached hydrogens (tertiary/aromatic N) is 4. The average molecular weight is 2010 g/mol. The zero-order valence-electron chi connectivity index (χ0n) is 83.2. The fraction of sp³-hybridized carbons (Fsp3) is 0.345. The quantitative estimate of drug-likeness (QED) is 0.0123. The first-order valence-corrected chi connectivity index (χ1v) is 49.8. The molecule has 0 aliphatic heterocycles. The highest BCUT2D eigenvalue weighted by Crippen LogP contribution is 2.36. The number of carbonyl (C=O) groups is 4. The topological polar surface area (TPSA) is 142 Å². The van der Waals surface area contributed by atoms with Gasteiger partial charge >= 0.3 is 18.5 Å². The number of aryl methyl sites for hydroxylation is 6. The Morgan fingerprint density at radius 2 is 0.678 bits per heavy atom. The zero-order valence-corrected chi connectivity index (χ0v) is 84.8. The first kappa shape index (κ1) is 115. The molecule has 0 aliphatic rings. The number of hydrogen-bond donors (Lipinski definition) is 2. The van der Waals surface area contributed by atoms with Gasteiger partial charge in [0.15, 0.2) is 0 Å². The minimum atomic E-state index is -4.39. The van der Waals surface area contributed by atoms with Crippen molar-refractivity contribution in [1.29, 1.82) is 0 Å². The number of benzene rings is 12. The van der Waals surface area contributed by atoms with Gasteiger partial charge in [0.1, 0.15) is 34.8 Å². The normalized spacial score (nSPS) is 11.7. The minimum Gasteiger partial charge on any atom is -0.456 e. The van der Waals surface area contributed by atoms with Crippen LogP contribution in [0.1, 0.15) is 190 Å². The lowest BCUT2D eigenvalue weighted by atomic mass is 9.87. The number of hydrogen-bond acceptors (Lipinski definition) is 16. The third-order valence-electron chi connectivity index (χ3n) is 23.4. The van der Waals surface area contributed by atoms with Gasteiger partial charge in [0.2, 0.25) is 0 Å². The SMILES string of the molecule is Cc1cc(CN(CCCNCc2ccc(C(C)(C)C)cc2)c2ccc(SCOC=O)cc2)cc(C(F)(F)F)c1.Cc1cc(CN(CCNCc2ccc(C(C)(C)C)cc2)Cc2ccc(OC=O)cc2)cc(C(F)(F)F)c1.Cc1ccc(CCCCCN(Cc2ccc(OC=O)cc2)Cc2cc(F)cc(F)c2)cc1.Cc1ccc(CSCCCN(Cc2ccc(OC=O)cc2)Cc2cc(C)cc(C(F)(F)F)c2)cc1. The van der Waals surface area contributed by atoms with E-state index in [1.807, 2.05) is 84.6 Å². The van der Waals surface area contributed by atoms with Crippen molar-refractivity contribution >= 4 is 55.1 Å². The fourth-order valence-electron chi connectivity index (χ4n) is 16.0. The lowest BCUT2D eigenvalue weighted by molar-refractivity contribution is -0.138. The number of ether oxygens (including phenoxy) is 4. The summed E-state index contributed by atoms with van der Waals surface area (Å²) in [7, 11) is 0. The number of halogens is 11. The third kappa shape index (κ3) is 42.9. The van der Waals surface area contributed by atoms with E-state index in [2.05, 4.69) is 183 Å². The van der Waals surface area contributed by atoms with Gasteiger partial charge in [0.25, 0.3) is 25.9 Å². The monoisotopic (exact) mass is 2010 g/mol. The van der Waals surface area contributed by atoms with Crippen LogP contribution in [0.25, 0.3) is 0 Å². The summed E-state index contributed by atoms with van der Waals surface area (Å²) in [6.07, 6.45) is -7.18. The highest BCUT2D eigenvalue weighted by Gasteiger charge is 2.34. The summed E-state index contributed by atoms with van der Waals surface area (Å²) < 4.78 is 167. The largest absolute Gasteiger partial charge is 0.456 e. The lowest BCUT2D eigenvalue weighted by Gasteiger charge is -2.26. The van der Waals surface area contributed by atoms with Crippen LogP contribution in [-0.4, -0.2) is 91.5 Å². The van der Waals surface area contributed by atoms with Crippen LogP contribution >= 0.6 is 23.5 Å². The maximum absolute atomic E-state index is 13.7. The molecule has 0 bridgehead atoms. The predicted octanol–water partition coefficient (Wildman–Crippen LogP) is 27.8. The molecule has 27 heteroatoms. The zero-order chi connectivity index (χ0) is 104. The Morgan fingerprint density at radius 1 is 0.315 bits per heavy atom. The summed E-state index contributed by atoms with van der Waals surface area (Å²) in [5.74, 6) is 2.37. The Kier molecular flexibility index (Phi) is 46.1. The van der Waals surface area contributed by atoms with Gasteiger partial charge in [-0.05, 0) is 284 Å². The Bertz CT molecular complexity index is 5830. The highest BCUT2D eigenvalue weighted by molar-refractivity contribution is 7.99. The van der Waals surface area contributed by atoms with Gasteiger partial charge < -0.3 is 34.5 Å². The smallest absolute Gasteiger partial charge is 0.416 e. The second-order valence-corrected chi connectivity index (χ2v) is 39.9. The Balaban J connectivity index is 0.000000213. The highest BCUT2D eigenvalue weighted by atomic mass is 32.2. The van der Waals surface area contributed by atoms with Crippen LogP contribution in [0.3, 0.4) is 0 Å². The van der Waals surface area contributed by atoms with E-state index in [0.717, 1.165) is 110 Å². The summed E-state index contributed by atoms with van der Waals surface area (Å²) >= 11 is 3.25. The molecule has 0 atom stereocenters. The van der Waals surface area contributed by atoms with Gasteiger partial charge in [-0.2, -0.15) is 51.3 Å². The van der Waals surface area contributed by atoms with Crippen molar-refractivity contribution in [2.45, 2.75) is 214 Å². The number of alkyl halides is 9. The molecule has 0 heterocycles. The van der Waals surface area contributed by atoms with Crippen LogP contribution in [0.4, 0.5) is 54.0 Å². The molecule has 12 aromatic rings. The van der Waals surface area contributed by atoms with Crippen LogP contribution in [0.2, 0.25) is 0 Å². The molecule has 762 valence electrons. The van der Waals surface area contributed by atoms with Crippen LogP contribution in [0, 0.1) is 46.3 Å². The first-order valence-electron chi connectivity index (χ1n) is 47.7. The van der Waals surface area contributed by atoms with Gasteiger partial charge in [-0.15, -0.1) is 0 Å². The fourth-order valence-corrected chi connectivity index (χ4v) is 17.5. The van der Waals surface area contributed by atoms with E-state index in [1.165, 1.54) is 105 Å². The van der Waals surface area contributed by atoms with Crippen molar-refractivity contribution < 1.29 is 86.4 Å². The van der Waals surface area contributed by atoms with Gasteiger partial charge in [-0.1, -0.05) is 239 Å². The van der Waals surface area contributed by atoms with Gasteiger partial charge in [0.05, 0.1) is 16.7 Å². The number of nitrogens with one attached hydrogen (secondary N) is 2. The van der Waals surface area contributed by atoms with Gasteiger partial charge in [-0.25, -0.2) is 8.78 Å². The first-order chi connectivity index (χ1) is 68.1. The van der Waals surface area contributed by atoms with Gasteiger partial charge in [-0.3, -0.25) is 33.9 Å². The van der Waals surface area contributed by atoms with Crippen molar-refractivity contribution in [3.63, 3.8) is 0 Å². The van der Waals surface area contributed by atoms with Crippen molar-refractivity contribution in [3.05, 3.63) is 395 Å². The minimum absolute atomic E-state index is 0.103. The third-order valence-corrected chi connectivity index (χ3v) is 25.4. The molecule has 0 radical (unpaired) electrons. The number of rotatable bonds is 48. The van der Waals surface area contributed by atoms with E-state index in [0.29, 0.717) is 154 Å². The Labute approximate surface area is 843 Å². The molecule has 12 aromatic carbocycles. The summed E-state index contributed by atoms with van der Waals surface area (Å²) in [6.45, 7) is 33.1. The molecule has 0 saturated carbocycles. The maximum Gasteiger partial charge on any atom is 0.416 e. The van der Waals surface area contributed by atoms with Crippen molar-refractivity contribution in [3.8, 4) is 17.2 Å².